The summed E-state index contributed by atoms with van der Waals surface area (Å²) in [6.07, 6.45) is -3.63. The van der Waals surface area contributed by atoms with Gasteiger partial charge in [0.15, 0.2) is 6.04 Å². The fourth-order valence-corrected chi connectivity index (χ4v) is 1.55. The summed E-state index contributed by atoms with van der Waals surface area (Å²) in [6, 6.07) is 0.349. The van der Waals surface area contributed by atoms with Crippen molar-refractivity contribution in [3.63, 3.8) is 0 Å². The first-order valence-electron chi connectivity index (χ1n) is 7.15. The number of amides is 1. The first-order chi connectivity index (χ1) is 12.1. The highest BCUT2D eigenvalue weighted by atomic mass is 35.5. The van der Waals surface area contributed by atoms with E-state index in [4.69, 9.17) is 26.2 Å². The van der Waals surface area contributed by atoms with Crippen LogP contribution in [0, 0.1) is 0 Å². The van der Waals surface area contributed by atoms with Crippen molar-refractivity contribution in [1.82, 2.24) is 15.1 Å². The minimum Gasteiger partial charge on any atom is -0.475 e. The van der Waals surface area contributed by atoms with E-state index in [1.807, 2.05) is 0 Å². The predicted octanol–water partition coefficient (Wildman–Crippen LogP) is 2.09. The monoisotopic (exact) mass is 419 g/mol. The average Bonchev–Trinajstić information content (AvgIpc) is 2.87. The van der Waals surface area contributed by atoms with Gasteiger partial charge in [-0.3, -0.25) is 9.48 Å². The third kappa shape index (κ3) is 9.22. The molecule has 0 aliphatic rings. The molecule has 0 fully saturated rings. The zero-order valence-electron chi connectivity index (χ0n) is 14.7. The third-order valence-electron chi connectivity index (χ3n) is 2.52. The number of hydrogen-bond acceptors (Lipinski definition) is 5. The van der Waals surface area contributed by atoms with Crippen molar-refractivity contribution < 1.29 is 41.8 Å². The summed E-state index contributed by atoms with van der Waals surface area (Å²) in [4.78, 5) is 32.4. The number of aryl methyl sites for hydroxylation is 1. The maximum Gasteiger partial charge on any atom is 0.490 e. The molecule has 1 rings (SSSR count). The van der Waals surface area contributed by atoms with Crippen molar-refractivity contribution in [2.45, 2.75) is 44.2 Å². The average molecular weight is 420 g/mol. The molecule has 1 aromatic rings. The Kier molecular flexibility index (Phi) is 8.70. The Hall–Kier alpha value is -2.37. The van der Waals surface area contributed by atoms with Crippen LogP contribution in [0.3, 0.4) is 0 Å². The van der Waals surface area contributed by atoms with E-state index in [0.717, 1.165) is 0 Å². The Balaban J connectivity index is 0.000000821. The van der Waals surface area contributed by atoms with Crippen LogP contribution in [0.25, 0.3) is 0 Å². The molecule has 8 nitrogen and oxygen atoms in total. The second-order valence-corrected chi connectivity index (χ2v) is 6.34. The largest absolute Gasteiger partial charge is 0.490 e. The molecule has 0 aliphatic heterocycles. The van der Waals surface area contributed by atoms with Gasteiger partial charge in [0, 0.05) is 13.2 Å². The van der Waals surface area contributed by atoms with Gasteiger partial charge in [0.05, 0.1) is 5.69 Å². The lowest BCUT2D eigenvalue weighted by molar-refractivity contribution is -0.192. The van der Waals surface area contributed by atoms with Crippen LogP contribution in [0.1, 0.15) is 32.5 Å². The number of aromatic nitrogens is 2. The standard InChI is InChI=1S/C12H17ClFN3O3.C2HF3O2/c1-12(2,3)20-11(19)8(16-10(18)9(13)14)7-5-6-15-17(7)4;3-2(4,5)1(6)7/h5-6,8-9H,1-4H3,(H,16,18);(H,6,7). The minimum atomic E-state index is -5.08. The van der Waals surface area contributed by atoms with E-state index in [1.54, 1.807) is 27.8 Å². The van der Waals surface area contributed by atoms with Gasteiger partial charge in [0.25, 0.3) is 11.5 Å². The van der Waals surface area contributed by atoms with Gasteiger partial charge in [-0.2, -0.15) is 18.3 Å². The van der Waals surface area contributed by atoms with E-state index in [9.17, 15) is 27.2 Å². The molecule has 2 atom stereocenters. The van der Waals surface area contributed by atoms with Crippen LogP contribution in [0.15, 0.2) is 12.3 Å². The molecule has 1 amide bonds. The number of nitrogens with one attached hydrogen (secondary N) is 1. The molecule has 0 aromatic carbocycles. The van der Waals surface area contributed by atoms with Crippen molar-refractivity contribution in [2.24, 2.45) is 7.05 Å². The highest BCUT2D eigenvalue weighted by Gasteiger charge is 2.38. The van der Waals surface area contributed by atoms with Crippen LogP contribution in [0.5, 0.6) is 0 Å². The lowest BCUT2D eigenvalue weighted by Crippen LogP contribution is -2.41. The SMILES string of the molecule is Cn1nccc1C(NC(=O)C(F)Cl)C(=O)OC(C)(C)C.O=C(O)C(F)(F)F. The molecule has 27 heavy (non-hydrogen) atoms. The smallest absolute Gasteiger partial charge is 0.475 e. The first-order valence-corrected chi connectivity index (χ1v) is 7.59. The maximum absolute atomic E-state index is 12.8. The van der Waals surface area contributed by atoms with Crippen LogP contribution in [-0.2, 0) is 26.2 Å². The molecule has 0 saturated heterocycles. The number of esters is 1. The predicted molar refractivity (Wildman–Crippen MR) is 84.4 cm³/mol. The van der Waals surface area contributed by atoms with Crippen molar-refractivity contribution >= 4 is 29.4 Å². The van der Waals surface area contributed by atoms with Crippen LogP contribution < -0.4 is 5.32 Å². The van der Waals surface area contributed by atoms with E-state index in [0.29, 0.717) is 5.69 Å². The van der Waals surface area contributed by atoms with Gasteiger partial charge in [-0.25, -0.2) is 14.0 Å². The Bertz CT molecular complexity index is 670. The van der Waals surface area contributed by atoms with Crippen LogP contribution in [0.4, 0.5) is 17.6 Å². The molecule has 2 unspecified atom stereocenters. The van der Waals surface area contributed by atoms with Gasteiger partial charge in [-0.1, -0.05) is 11.6 Å². The zero-order valence-corrected chi connectivity index (χ0v) is 15.4. The van der Waals surface area contributed by atoms with Gasteiger partial charge in [0.2, 0.25) is 0 Å². The quantitative estimate of drug-likeness (QED) is 0.439. The molecular formula is C14H18ClF4N3O5. The molecule has 0 aliphatic carbocycles. The van der Waals surface area contributed by atoms with Gasteiger partial charge in [-0.15, -0.1) is 0 Å². The highest BCUT2D eigenvalue weighted by Crippen LogP contribution is 2.19. The number of carbonyl (C=O) groups is 3. The number of hydrogen-bond donors (Lipinski definition) is 2. The summed E-state index contributed by atoms with van der Waals surface area (Å²) in [5.74, 6) is -4.58. The van der Waals surface area contributed by atoms with Crippen molar-refractivity contribution in [1.29, 1.82) is 0 Å². The number of nitrogens with zero attached hydrogens (tertiary/aromatic N) is 2. The number of carboxylic acid groups (broad SMARTS) is 1. The van der Waals surface area contributed by atoms with Crippen LogP contribution in [0.2, 0.25) is 0 Å². The van der Waals surface area contributed by atoms with Crippen LogP contribution in [-0.4, -0.2) is 50.1 Å². The summed E-state index contributed by atoms with van der Waals surface area (Å²) < 4.78 is 51.1. The van der Waals surface area contributed by atoms with Gasteiger partial charge < -0.3 is 15.2 Å². The minimum absolute atomic E-state index is 0.366. The fourth-order valence-electron chi connectivity index (χ4n) is 1.49. The van der Waals surface area contributed by atoms with Crippen LogP contribution >= 0.6 is 11.6 Å². The Labute approximate surface area is 156 Å². The summed E-state index contributed by atoms with van der Waals surface area (Å²) >= 11 is 5.06. The van der Waals surface area contributed by atoms with Crippen molar-refractivity contribution in [3.05, 3.63) is 18.0 Å². The van der Waals surface area contributed by atoms with E-state index < -0.39 is 41.3 Å². The van der Waals surface area contributed by atoms with Gasteiger partial charge in [-0.05, 0) is 26.8 Å². The Morgan fingerprint density at radius 2 is 1.78 bits per heavy atom. The molecule has 2 N–H and O–H groups in total. The number of rotatable bonds is 4. The normalized spacial score (nSPS) is 13.7. The third-order valence-corrected chi connectivity index (χ3v) is 2.72. The summed E-state index contributed by atoms with van der Waals surface area (Å²) in [7, 11) is 1.59. The molecule has 1 aromatic heterocycles. The summed E-state index contributed by atoms with van der Waals surface area (Å²) in [5, 5.41) is 13.2. The molecular weight excluding hydrogens is 402 g/mol. The second kappa shape index (κ2) is 9.53. The number of halogens is 5. The van der Waals surface area contributed by atoms with E-state index in [-0.39, 0.29) is 0 Å². The highest BCUT2D eigenvalue weighted by molar-refractivity contribution is 6.29. The van der Waals surface area contributed by atoms with Crippen molar-refractivity contribution in [3.8, 4) is 0 Å². The second-order valence-electron chi connectivity index (χ2n) is 5.96. The van der Waals surface area contributed by atoms with E-state index in [2.05, 4.69) is 10.4 Å². The number of alkyl halides is 5. The molecule has 0 spiro atoms. The van der Waals surface area contributed by atoms with E-state index in [1.165, 1.54) is 16.9 Å². The van der Waals surface area contributed by atoms with E-state index >= 15 is 0 Å². The molecule has 0 saturated carbocycles. The number of ether oxygens (including phenoxy) is 1. The first kappa shape index (κ1) is 24.6. The van der Waals surface area contributed by atoms with Gasteiger partial charge in [0.1, 0.15) is 5.60 Å². The van der Waals surface area contributed by atoms with Crippen molar-refractivity contribution in [2.75, 3.05) is 0 Å². The zero-order chi connectivity index (χ0) is 21.6. The molecule has 0 bridgehead atoms. The summed E-state index contributed by atoms with van der Waals surface area (Å²) in [5.41, 5.74) is -2.62. The summed E-state index contributed by atoms with van der Waals surface area (Å²) in [6.45, 7) is 5.06. The number of carbonyl (C=O) groups excluding carboxylic acids is 2. The Morgan fingerprint density at radius 3 is 2.07 bits per heavy atom. The number of aliphatic carboxylic acids is 1. The molecule has 154 valence electrons. The maximum atomic E-state index is 12.8. The van der Waals surface area contributed by atoms with Gasteiger partial charge >= 0.3 is 18.1 Å². The fraction of sp³-hybridized carbons (Fsp3) is 0.571. The molecule has 0 radical (unpaired) electrons. The molecule has 1 heterocycles. The lowest BCUT2D eigenvalue weighted by Gasteiger charge is -2.24. The topological polar surface area (TPSA) is 111 Å². The Morgan fingerprint density at radius 1 is 1.30 bits per heavy atom. The number of carboxylic acids is 1. The molecule has 13 heteroatoms. The lowest BCUT2D eigenvalue weighted by atomic mass is 10.1.